The molecule has 2 aromatic carbocycles. The van der Waals surface area contributed by atoms with Crippen molar-refractivity contribution in [1.29, 1.82) is 0 Å². The van der Waals surface area contributed by atoms with Crippen LogP contribution in [-0.2, 0) is 15.0 Å². The Bertz CT molecular complexity index is 731. The second kappa shape index (κ2) is 10.4. The molecular formula is C23H27NO4. The highest BCUT2D eigenvalue weighted by atomic mass is 16.4. The molecule has 0 spiro atoms. The molecule has 0 aliphatic heterocycles. The molecule has 0 saturated heterocycles. The van der Waals surface area contributed by atoms with Crippen molar-refractivity contribution < 1.29 is 19.8 Å². The first kappa shape index (κ1) is 21.4. The number of aliphatic carboxylic acids is 2. The van der Waals surface area contributed by atoms with Gasteiger partial charge >= 0.3 is 11.9 Å². The maximum Gasteiger partial charge on any atom is 0.328 e. The van der Waals surface area contributed by atoms with Gasteiger partial charge < -0.3 is 15.9 Å². The van der Waals surface area contributed by atoms with Crippen LogP contribution in [-0.4, -0.2) is 28.7 Å². The first-order valence-electron chi connectivity index (χ1n) is 9.43. The van der Waals surface area contributed by atoms with E-state index < -0.39 is 11.9 Å². The average Bonchev–Trinajstić information content (AvgIpc) is 2.74. The summed E-state index contributed by atoms with van der Waals surface area (Å²) in [7, 11) is 0. The molecule has 1 saturated carbocycles. The molecule has 3 rings (SSSR count). The zero-order valence-electron chi connectivity index (χ0n) is 15.8. The number of benzene rings is 2. The number of hydrogen-bond donors (Lipinski definition) is 3. The quantitative estimate of drug-likeness (QED) is 0.683. The number of hydrogen-bond acceptors (Lipinski definition) is 3. The van der Waals surface area contributed by atoms with Crippen molar-refractivity contribution in [3.63, 3.8) is 0 Å². The van der Waals surface area contributed by atoms with Gasteiger partial charge in [0.05, 0.1) is 0 Å². The summed E-state index contributed by atoms with van der Waals surface area (Å²) in [6, 6.07) is 22.0. The van der Waals surface area contributed by atoms with Gasteiger partial charge in [-0.25, -0.2) is 9.59 Å². The van der Waals surface area contributed by atoms with Gasteiger partial charge in [-0.3, -0.25) is 0 Å². The monoisotopic (exact) mass is 381 g/mol. The lowest BCUT2D eigenvalue weighted by molar-refractivity contribution is -0.134. The summed E-state index contributed by atoms with van der Waals surface area (Å²) >= 11 is 0. The standard InChI is InChI=1S/C19H23N.C4H4O4/c20-15-16-8-7-13-19(14-16,17-9-3-1-4-10-17)18-11-5-2-6-12-18;5-3(6)1-2-4(7)8/h1-6,9-12,16H,7-8,13-15,20H2;1-2H,(H,5,6)(H,7,8)/b;2-1+. The Balaban J connectivity index is 0.000000300. The molecular weight excluding hydrogens is 354 g/mol. The summed E-state index contributed by atoms with van der Waals surface area (Å²) in [4.78, 5) is 19.1. The Kier molecular flexibility index (Phi) is 7.96. The number of carboxylic acid groups (broad SMARTS) is 2. The Morgan fingerprint density at radius 1 is 0.929 bits per heavy atom. The Labute approximate surface area is 165 Å². The van der Waals surface area contributed by atoms with Crippen molar-refractivity contribution in [2.75, 3.05) is 6.54 Å². The van der Waals surface area contributed by atoms with Crippen molar-refractivity contribution in [3.8, 4) is 0 Å². The van der Waals surface area contributed by atoms with Crippen molar-refractivity contribution in [2.45, 2.75) is 31.1 Å². The molecule has 0 heterocycles. The zero-order valence-corrected chi connectivity index (χ0v) is 15.8. The molecule has 28 heavy (non-hydrogen) atoms. The molecule has 5 heteroatoms. The third-order valence-electron chi connectivity index (χ3n) is 5.21. The van der Waals surface area contributed by atoms with Crippen LogP contribution in [0.5, 0.6) is 0 Å². The zero-order chi connectivity index (χ0) is 20.4. The first-order valence-corrected chi connectivity index (χ1v) is 9.43. The topological polar surface area (TPSA) is 101 Å². The third kappa shape index (κ3) is 5.79. The van der Waals surface area contributed by atoms with E-state index in [0.717, 1.165) is 6.54 Å². The molecule has 1 fully saturated rings. The molecule has 1 unspecified atom stereocenters. The second-order valence-electron chi connectivity index (χ2n) is 7.02. The van der Waals surface area contributed by atoms with Gasteiger partial charge in [-0.1, -0.05) is 67.1 Å². The van der Waals surface area contributed by atoms with Gasteiger partial charge in [0.2, 0.25) is 0 Å². The van der Waals surface area contributed by atoms with Crippen LogP contribution in [0.3, 0.4) is 0 Å². The van der Waals surface area contributed by atoms with Crippen LogP contribution in [0.15, 0.2) is 72.8 Å². The third-order valence-corrected chi connectivity index (χ3v) is 5.21. The van der Waals surface area contributed by atoms with Crippen LogP contribution in [0.2, 0.25) is 0 Å². The van der Waals surface area contributed by atoms with E-state index in [0.29, 0.717) is 18.1 Å². The molecule has 0 amide bonds. The molecule has 0 bridgehead atoms. The molecule has 1 atom stereocenters. The summed E-state index contributed by atoms with van der Waals surface area (Å²) in [6.07, 6.45) is 6.07. The lowest BCUT2D eigenvalue weighted by Gasteiger charge is -2.42. The number of carboxylic acids is 2. The maximum atomic E-state index is 9.55. The van der Waals surface area contributed by atoms with Gasteiger partial charge in [0.25, 0.3) is 0 Å². The van der Waals surface area contributed by atoms with Crippen LogP contribution in [0.1, 0.15) is 36.8 Å². The Hall–Kier alpha value is -2.92. The van der Waals surface area contributed by atoms with Crippen LogP contribution in [0.4, 0.5) is 0 Å². The lowest BCUT2D eigenvalue weighted by Crippen LogP contribution is -2.36. The predicted molar refractivity (Wildman–Crippen MR) is 109 cm³/mol. The van der Waals surface area contributed by atoms with E-state index in [1.165, 1.54) is 36.8 Å². The molecule has 148 valence electrons. The van der Waals surface area contributed by atoms with E-state index in [2.05, 4.69) is 60.7 Å². The van der Waals surface area contributed by atoms with Crippen LogP contribution >= 0.6 is 0 Å². The highest BCUT2D eigenvalue weighted by Crippen LogP contribution is 2.46. The molecule has 0 radical (unpaired) electrons. The molecule has 0 aromatic heterocycles. The number of nitrogens with two attached hydrogens (primary N) is 1. The van der Waals surface area contributed by atoms with E-state index in [4.69, 9.17) is 15.9 Å². The van der Waals surface area contributed by atoms with Crippen molar-refractivity contribution in [1.82, 2.24) is 0 Å². The van der Waals surface area contributed by atoms with Gasteiger partial charge in [-0.05, 0) is 42.9 Å². The molecule has 1 aliphatic rings. The predicted octanol–water partition coefficient (Wildman–Crippen LogP) is 3.83. The largest absolute Gasteiger partial charge is 0.478 e. The summed E-state index contributed by atoms with van der Waals surface area (Å²) in [6.45, 7) is 0.807. The molecule has 5 nitrogen and oxygen atoms in total. The highest BCUT2D eigenvalue weighted by molar-refractivity contribution is 5.89. The number of rotatable bonds is 5. The van der Waals surface area contributed by atoms with E-state index in [9.17, 15) is 9.59 Å². The molecule has 1 aliphatic carbocycles. The minimum atomic E-state index is -1.26. The molecule has 4 N–H and O–H groups in total. The van der Waals surface area contributed by atoms with Crippen LogP contribution in [0.25, 0.3) is 0 Å². The Morgan fingerprint density at radius 2 is 1.39 bits per heavy atom. The van der Waals surface area contributed by atoms with E-state index in [1.807, 2.05) is 0 Å². The fraction of sp³-hybridized carbons (Fsp3) is 0.304. The minimum Gasteiger partial charge on any atom is -0.478 e. The fourth-order valence-electron chi connectivity index (χ4n) is 3.94. The molecule has 2 aromatic rings. The van der Waals surface area contributed by atoms with Crippen molar-refractivity contribution in [3.05, 3.63) is 83.9 Å². The second-order valence-corrected chi connectivity index (χ2v) is 7.02. The van der Waals surface area contributed by atoms with E-state index in [-0.39, 0.29) is 5.41 Å². The lowest BCUT2D eigenvalue weighted by atomic mass is 9.62. The fourth-order valence-corrected chi connectivity index (χ4v) is 3.94. The van der Waals surface area contributed by atoms with Gasteiger partial charge in [-0.2, -0.15) is 0 Å². The van der Waals surface area contributed by atoms with Gasteiger partial charge in [0.15, 0.2) is 0 Å². The van der Waals surface area contributed by atoms with Gasteiger partial charge in [-0.15, -0.1) is 0 Å². The van der Waals surface area contributed by atoms with Crippen LogP contribution in [0, 0.1) is 5.92 Å². The normalized spacial score (nSPS) is 18.1. The first-order chi connectivity index (χ1) is 13.5. The summed E-state index contributed by atoms with van der Waals surface area (Å²) < 4.78 is 0. The summed E-state index contributed by atoms with van der Waals surface area (Å²) in [5.41, 5.74) is 9.04. The van der Waals surface area contributed by atoms with Crippen molar-refractivity contribution >= 4 is 11.9 Å². The van der Waals surface area contributed by atoms with Crippen molar-refractivity contribution in [2.24, 2.45) is 11.7 Å². The smallest absolute Gasteiger partial charge is 0.328 e. The van der Waals surface area contributed by atoms with E-state index >= 15 is 0 Å². The Morgan fingerprint density at radius 3 is 1.79 bits per heavy atom. The summed E-state index contributed by atoms with van der Waals surface area (Å²) in [5, 5.41) is 15.6. The van der Waals surface area contributed by atoms with Crippen LogP contribution < -0.4 is 5.73 Å². The maximum absolute atomic E-state index is 9.55. The van der Waals surface area contributed by atoms with Gasteiger partial charge in [0, 0.05) is 17.6 Å². The number of carbonyl (C=O) groups is 2. The summed E-state index contributed by atoms with van der Waals surface area (Å²) in [5.74, 6) is -1.87. The average molecular weight is 381 g/mol. The van der Waals surface area contributed by atoms with Gasteiger partial charge in [0.1, 0.15) is 0 Å². The highest BCUT2D eigenvalue weighted by Gasteiger charge is 2.38. The van der Waals surface area contributed by atoms with E-state index in [1.54, 1.807) is 0 Å². The SMILES string of the molecule is NCC1CCCC(c2ccccc2)(c2ccccc2)C1.O=C(O)/C=C/C(=O)O. The minimum absolute atomic E-state index is 0.158.